The van der Waals surface area contributed by atoms with Gasteiger partial charge in [0.2, 0.25) is 0 Å². The summed E-state index contributed by atoms with van der Waals surface area (Å²) in [5.41, 5.74) is 5.82. The van der Waals surface area contributed by atoms with E-state index < -0.39 is 0 Å². The zero-order chi connectivity index (χ0) is 19.8. The van der Waals surface area contributed by atoms with Crippen LogP contribution in [0.15, 0.2) is 71.8 Å². The molecule has 0 aromatic heterocycles. The molecule has 6 heteroatoms. The van der Waals surface area contributed by atoms with E-state index in [1.165, 1.54) is 5.56 Å². The maximum atomic E-state index is 6.19. The molecule has 144 valence electrons. The van der Waals surface area contributed by atoms with E-state index in [-0.39, 0.29) is 6.61 Å². The van der Waals surface area contributed by atoms with Gasteiger partial charge >= 0.3 is 0 Å². The number of hydrogen-bond acceptors (Lipinski definition) is 4. The maximum absolute atomic E-state index is 6.19. The van der Waals surface area contributed by atoms with Gasteiger partial charge in [-0.05, 0) is 41.5 Å². The Morgan fingerprint density at radius 1 is 0.929 bits per heavy atom. The summed E-state index contributed by atoms with van der Waals surface area (Å²) in [6.07, 6.45) is 1.74. The van der Waals surface area contributed by atoms with Gasteiger partial charge < -0.3 is 14.9 Å². The largest absolute Gasteiger partial charge is 0.493 e. The summed E-state index contributed by atoms with van der Waals surface area (Å²) in [7, 11) is 1.60. The summed E-state index contributed by atoms with van der Waals surface area (Å²) in [5, 5.41) is 5.39. The average molecular weight is 415 g/mol. The Balaban J connectivity index is 1.62. The van der Waals surface area contributed by atoms with E-state index in [4.69, 9.17) is 32.7 Å². The third-order valence-corrected chi connectivity index (χ3v) is 4.76. The Morgan fingerprint density at radius 3 is 2.39 bits per heavy atom. The fourth-order valence-electron chi connectivity index (χ4n) is 2.56. The molecule has 4 nitrogen and oxygen atoms in total. The molecule has 0 unspecified atom stereocenters. The highest BCUT2D eigenvalue weighted by molar-refractivity contribution is 6.35. The lowest BCUT2D eigenvalue weighted by Crippen LogP contribution is -2.05. The molecule has 0 fully saturated rings. The first-order valence-electron chi connectivity index (χ1n) is 8.71. The van der Waals surface area contributed by atoms with Crippen molar-refractivity contribution in [3.63, 3.8) is 0 Å². The van der Waals surface area contributed by atoms with Crippen LogP contribution in [0.4, 0.5) is 0 Å². The smallest absolute Gasteiger partial charge is 0.161 e. The van der Waals surface area contributed by atoms with Crippen molar-refractivity contribution >= 4 is 29.4 Å². The summed E-state index contributed by atoms with van der Waals surface area (Å²) in [5.74, 6) is 1.21. The Hall–Kier alpha value is -2.69. The van der Waals surface area contributed by atoms with Crippen molar-refractivity contribution in [2.45, 2.75) is 13.2 Å². The molecular weight excluding hydrogens is 395 g/mol. The van der Waals surface area contributed by atoms with Gasteiger partial charge in [0.05, 0.1) is 19.9 Å². The monoisotopic (exact) mass is 414 g/mol. The number of hydrazone groups is 1. The highest BCUT2D eigenvalue weighted by Crippen LogP contribution is 2.31. The Bertz CT molecular complexity index is 926. The topological polar surface area (TPSA) is 42.8 Å². The second kappa shape index (κ2) is 10.0. The number of halogens is 2. The van der Waals surface area contributed by atoms with Gasteiger partial charge in [-0.3, -0.25) is 0 Å². The number of hydrogen-bond donors (Lipinski definition) is 1. The van der Waals surface area contributed by atoms with Crippen LogP contribution < -0.4 is 14.9 Å². The van der Waals surface area contributed by atoms with E-state index >= 15 is 0 Å². The molecule has 0 aliphatic rings. The number of rotatable bonds is 8. The zero-order valence-electron chi connectivity index (χ0n) is 15.4. The van der Waals surface area contributed by atoms with Crippen molar-refractivity contribution in [3.8, 4) is 11.5 Å². The predicted octanol–water partition coefficient (Wildman–Crippen LogP) is 5.70. The van der Waals surface area contributed by atoms with E-state index in [2.05, 4.69) is 10.5 Å². The third-order valence-electron chi connectivity index (χ3n) is 4.05. The second-order valence-corrected chi connectivity index (χ2v) is 6.79. The van der Waals surface area contributed by atoms with Crippen molar-refractivity contribution in [3.05, 3.63) is 93.5 Å². The second-order valence-electron chi connectivity index (χ2n) is 5.98. The van der Waals surface area contributed by atoms with Gasteiger partial charge in [0.15, 0.2) is 11.5 Å². The molecule has 3 aromatic carbocycles. The van der Waals surface area contributed by atoms with Crippen LogP contribution in [0.1, 0.15) is 16.7 Å². The molecule has 0 spiro atoms. The van der Waals surface area contributed by atoms with Crippen molar-refractivity contribution in [1.82, 2.24) is 5.43 Å². The molecule has 0 bridgehead atoms. The number of nitrogens with one attached hydrogen (secondary N) is 1. The average Bonchev–Trinajstić information content (AvgIpc) is 2.72. The van der Waals surface area contributed by atoms with Crippen LogP contribution in [-0.2, 0) is 13.2 Å². The molecule has 0 heterocycles. The molecule has 0 atom stereocenters. The van der Waals surface area contributed by atoms with Gasteiger partial charge in [0.25, 0.3) is 0 Å². The number of ether oxygens (including phenoxy) is 2. The summed E-state index contributed by atoms with van der Waals surface area (Å²) >= 11 is 12.4. The minimum atomic E-state index is 0.251. The van der Waals surface area contributed by atoms with Gasteiger partial charge in [0.1, 0.15) is 6.61 Å². The van der Waals surface area contributed by atoms with Gasteiger partial charge in [-0.2, -0.15) is 5.10 Å². The highest BCUT2D eigenvalue weighted by atomic mass is 35.5. The molecule has 1 N–H and O–H groups in total. The summed E-state index contributed by atoms with van der Waals surface area (Å²) in [4.78, 5) is 0. The van der Waals surface area contributed by atoms with Crippen LogP contribution in [0, 0.1) is 0 Å². The molecule has 0 aliphatic heterocycles. The number of nitrogens with zero attached hydrogens (tertiary/aromatic N) is 1. The van der Waals surface area contributed by atoms with E-state index in [9.17, 15) is 0 Å². The lowest BCUT2D eigenvalue weighted by Gasteiger charge is -2.13. The Labute approximate surface area is 174 Å². The number of methoxy groups -OCH3 is 1. The first-order chi connectivity index (χ1) is 13.7. The normalized spacial score (nSPS) is 10.8. The molecule has 0 aliphatic carbocycles. The minimum absolute atomic E-state index is 0.251. The lowest BCUT2D eigenvalue weighted by molar-refractivity contribution is 0.284. The first-order valence-corrected chi connectivity index (χ1v) is 9.46. The molecule has 0 saturated heterocycles. The summed E-state index contributed by atoms with van der Waals surface area (Å²) < 4.78 is 11.3. The van der Waals surface area contributed by atoms with Crippen molar-refractivity contribution < 1.29 is 9.47 Å². The van der Waals surface area contributed by atoms with Crippen molar-refractivity contribution in [1.29, 1.82) is 0 Å². The van der Waals surface area contributed by atoms with Gasteiger partial charge in [0, 0.05) is 15.6 Å². The van der Waals surface area contributed by atoms with Crippen LogP contribution in [0.2, 0.25) is 10.0 Å². The molecule has 0 amide bonds. The third kappa shape index (κ3) is 5.41. The quantitative estimate of drug-likeness (QED) is 0.379. The van der Waals surface area contributed by atoms with Gasteiger partial charge in [-0.1, -0.05) is 59.6 Å². The predicted molar refractivity (Wildman–Crippen MR) is 115 cm³/mol. The first kappa shape index (κ1) is 20.1. The fourth-order valence-corrected chi connectivity index (χ4v) is 3.06. The van der Waals surface area contributed by atoms with Gasteiger partial charge in [-0.15, -0.1) is 0 Å². The van der Waals surface area contributed by atoms with E-state index in [0.29, 0.717) is 28.1 Å². The van der Waals surface area contributed by atoms with Crippen LogP contribution in [-0.4, -0.2) is 13.3 Å². The molecule has 3 rings (SSSR count). The van der Waals surface area contributed by atoms with Crippen LogP contribution >= 0.6 is 23.2 Å². The molecule has 3 aromatic rings. The van der Waals surface area contributed by atoms with Crippen LogP contribution in [0.3, 0.4) is 0 Å². The summed E-state index contributed by atoms with van der Waals surface area (Å²) in [6, 6.07) is 21.0. The molecule has 28 heavy (non-hydrogen) atoms. The van der Waals surface area contributed by atoms with E-state index in [1.807, 2.05) is 48.5 Å². The van der Waals surface area contributed by atoms with E-state index in [0.717, 1.165) is 11.1 Å². The molecule has 0 saturated carbocycles. The SMILES string of the molecule is COc1cc(C=NNCc2ccccc2)ccc1OCc1c(Cl)cccc1Cl. The fraction of sp³-hybridized carbons (Fsp3) is 0.136. The Morgan fingerprint density at radius 2 is 1.68 bits per heavy atom. The van der Waals surface area contributed by atoms with E-state index in [1.54, 1.807) is 31.5 Å². The molecular formula is C22H20Cl2N2O2. The standard InChI is InChI=1S/C22H20Cl2N2O2/c1-27-22-12-17(14-26-25-13-16-6-3-2-4-7-16)10-11-21(22)28-15-18-19(23)8-5-9-20(18)24/h2-12,14,25H,13,15H2,1H3. The van der Waals surface area contributed by atoms with Crippen molar-refractivity contribution in [2.24, 2.45) is 5.10 Å². The van der Waals surface area contributed by atoms with Crippen LogP contribution in [0.25, 0.3) is 0 Å². The Kier molecular flexibility index (Phi) is 7.18. The van der Waals surface area contributed by atoms with Crippen LogP contribution in [0.5, 0.6) is 11.5 Å². The zero-order valence-corrected chi connectivity index (χ0v) is 16.9. The maximum Gasteiger partial charge on any atom is 0.161 e. The number of benzene rings is 3. The molecule has 0 radical (unpaired) electrons. The summed E-state index contributed by atoms with van der Waals surface area (Å²) in [6.45, 7) is 0.912. The van der Waals surface area contributed by atoms with Gasteiger partial charge in [-0.25, -0.2) is 0 Å². The van der Waals surface area contributed by atoms with Crippen molar-refractivity contribution in [2.75, 3.05) is 7.11 Å². The lowest BCUT2D eigenvalue weighted by atomic mass is 10.2. The minimum Gasteiger partial charge on any atom is -0.493 e. The highest BCUT2D eigenvalue weighted by Gasteiger charge is 2.09.